The first-order valence-corrected chi connectivity index (χ1v) is 18.0. The van der Waals surface area contributed by atoms with E-state index in [0.29, 0.717) is 28.6 Å². The molecular formula is C40H75N3O3. The zero-order valence-electron chi connectivity index (χ0n) is 33.0. The van der Waals surface area contributed by atoms with Gasteiger partial charge in [-0.1, -0.05) is 126 Å². The minimum atomic E-state index is -0.360. The number of carbonyl (C=O) groups is 2. The van der Waals surface area contributed by atoms with E-state index in [1.807, 2.05) is 45.0 Å². The summed E-state index contributed by atoms with van der Waals surface area (Å²) in [6.07, 6.45) is 12.3. The van der Waals surface area contributed by atoms with Crippen molar-refractivity contribution >= 4 is 17.7 Å². The minimum absolute atomic E-state index is 0.0747. The Morgan fingerprint density at radius 1 is 0.935 bits per heavy atom. The average molecular weight is 646 g/mol. The van der Waals surface area contributed by atoms with Gasteiger partial charge in [-0.05, 0) is 60.6 Å². The molecule has 0 heterocycles. The van der Waals surface area contributed by atoms with Gasteiger partial charge < -0.3 is 14.5 Å². The number of nitrogens with zero attached hydrogens (tertiary/aromatic N) is 3. The Morgan fingerprint density at radius 2 is 1.46 bits per heavy atom. The highest BCUT2D eigenvalue weighted by Gasteiger charge is 2.27. The smallest absolute Gasteiger partial charge is 0.337 e. The Morgan fingerprint density at radius 3 is 1.83 bits per heavy atom. The Bertz CT molecular complexity index is 932. The molecule has 0 aliphatic rings. The highest BCUT2D eigenvalue weighted by molar-refractivity contribution is 6.37. The molecular weight excluding hydrogens is 570 g/mol. The van der Waals surface area contributed by atoms with Crippen LogP contribution in [0.5, 0.6) is 0 Å². The number of allylic oxidation sites excluding steroid dienone is 1. The number of unbranched alkanes of at least 4 members (excludes halogenated alkanes) is 4. The number of likely N-dealkylation sites (N-methyl/N-ethyl adjacent to an activating group) is 2. The molecule has 6 nitrogen and oxygen atoms in total. The molecule has 268 valence electrons. The van der Waals surface area contributed by atoms with Crippen molar-refractivity contribution in [1.29, 1.82) is 0 Å². The maximum Gasteiger partial charge on any atom is 0.337 e. The number of amidine groups is 1. The van der Waals surface area contributed by atoms with E-state index in [-0.39, 0.29) is 17.9 Å². The molecule has 0 radical (unpaired) electrons. The fourth-order valence-corrected chi connectivity index (χ4v) is 4.95. The van der Waals surface area contributed by atoms with Crippen molar-refractivity contribution in [2.75, 3.05) is 34.8 Å². The number of hydrogen-bond acceptors (Lipinski definition) is 4. The third-order valence-corrected chi connectivity index (χ3v) is 7.72. The SMILES string of the molecule is C=CC(CC)C(C)(C)C.CC.CCC.CCCCCCCN(C)C(=NC)C(=O)N(C)C(CCC(C)C)c1ccc(C(=O)OC)cc1. The Hall–Kier alpha value is -2.63. The van der Waals surface area contributed by atoms with Gasteiger partial charge in [0.25, 0.3) is 5.91 Å². The topological polar surface area (TPSA) is 62.2 Å². The molecule has 6 heteroatoms. The van der Waals surface area contributed by atoms with E-state index >= 15 is 0 Å². The second kappa shape index (κ2) is 28.6. The number of amides is 1. The first-order chi connectivity index (χ1) is 21.7. The van der Waals surface area contributed by atoms with E-state index in [0.717, 1.165) is 31.4 Å². The number of rotatable bonds is 14. The maximum atomic E-state index is 13.4. The summed E-state index contributed by atoms with van der Waals surface area (Å²) in [6, 6.07) is 7.27. The van der Waals surface area contributed by atoms with Crippen LogP contribution in [0, 0.1) is 17.3 Å². The third-order valence-electron chi connectivity index (χ3n) is 7.72. The highest BCUT2D eigenvalue weighted by atomic mass is 16.5. The predicted octanol–water partition coefficient (Wildman–Crippen LogP) is 11.0. The molecule has 0 spiro atoms. The Labute approximate surface area is 286 Å². The van der Waals surface area contributed by atoms with Crippen molar-refractivity contribution in [3.05, 3.63) is 48.0 Å². The maximum absolute atomic E-state index is 13.4. The molecule has 0 bridgehead atoms. The van der Waals surface area contributed by atoms with Crippen LogP contribution in [0.25, 0.3) is 0 Å². The van der Waals surface area contributed by atoms with E-state index in [1.165, 1.54) is 45.6 Å². The van der Waals surface area contributed by atoms with Crippen LogP contribution in [-0.4, -0.2) is 62.3 Å². The van der Waals surface area contributed by atoms with E-state index in [1.54, 1.807) is 24.1 Å². The molecule has 2 atom stereocenters. The molecule has 0 aromatic heterocycles. The standard InChI is InChI=1S/C26H43N3O3.C9H18.C3H8.C2H6/c1-8-9-10-11-12-19-28(5)24(27-4)25(30)29(6)23(18-13-20(2)3)21-14-16-22(17-15-21)26(31)32-7;1-6-8(7-2)9(3,4)5;1-3-2;1-2/h14-17,20,23H,8-13,18-19H2,1-7H3;6,8H,1,7H2,2-5H3;3H2,1-2H3;1-2H3. The van der Waals surface area contributed by atoms with Crippen molar-refractivity contribution in [3.8, 4) is 0 Å². The summed E-state index contributed by atoms with van der Waals surface area (Å²) in [5.74, 6) is 1.25. The molecule has 0 N–H and O–H groups in total. The van der Waals surface area contributed by atoms with Crippen LogP contribution in [0.2, 0.25) is 0 Å². The van der Waals surface area contributed by atoms with Gasteiger partial charge in [0.1, 0.15) is 0 Å². The van der Waals surface area contributed by atoms with Gasteiger partial charge in [0.2, 0.25) is 0 Å². The largest absolute Gasteiger partial charge is 0.465 e. The Balaban J connectivity index is -0.00000111. The number of benzene rings is 1. The van der Waals surface area contributed by atoms with Crippen LogP contribution in [0.1, 0.15) is 156 Å². The molecule has 1 aromatic rings. The predicted molar refractivity (Wildman–Crippen MR) is 203 cm³/mol. The monoisotopic (exact) mass is 646 g/mol. The first kappa shape index (κ1) is 47.8. The lowest BCUT2D eigenvalue weighted by molar-refractivity contribution is -0.125. The van der Waals surface area contributed by atoms with Gasteiger partial charge in [-0.3, -0.25) is 9.79 Å². The van der Waals surface area contributed by atoms with E-state index in [2.05, 4.69) is 80.0 Å². The van der Waals surface area contributed by atoms with Crippen molar-refractivity contribution < 1.29 is 14.3 Å². The molecule has 46 heavy (non-hydrogen) atoms. The zero-order chi connectivity index (χ0) is 36.3. The number of ether oxygens (including phenoxy) is 1. The molecule has 0 saturated carbocycles. The second-order valence-electron chi connectivity index (χ2n) is 13.2. The summed E-state index contributed by atoms with van der Waals surface area (Å²) < 4.78 is 4.80. The van der Waals surface area contributed by atoms with E-state index < -0.39 is 0 Å². The van der Waals surface area contributed by atoms with Crippen molar-refractivity contribution in [2.24, 2.45) is 22.2 Å². The molecule has 0 aliphatic carbocycles. The van der Waals surface area contributed by atoms with Gasteiger partial charge in [0.05, 0.1) is 18.7 Å². The number of aliphatic imine (C=N–C) groups is 1. The lowest BCUT2D eigenvalue weighted by Gasteiger charge is -2.32. The Kier molecular flexibility index (Phi) is 29.7. The lowest BCUT2D eigenvalue weighted by Crippen LogP contribution is -2.44. The molecule has 1 amide bonds. The summed E-state index contributed by atoms with van der Waals surface area (Å²) in [5, 5.41) is 0. The van der Waals surface area contributed by atoms with Crippen LogP contribution in [0.15, 0.2) is 41.9 Å². The second-order valence-corrected chi connectivity index (χ2v) is 13.2. The molecule has 2 unspecified atom stereocenters. The van der Waals surface area contributed by atoms with Gasteiger partial charge in [-0.15, -0.1) is 6.58 Å². The molecule has 0 aliphatic heterocycles. The van der Waals surface area contributed by atoms with Gasteiger partial charge >= 0.3 is 5.97 Å². The molecule has 0 saturated heterocycles. The van der Waals surface area contributed by atoms with Crippen LogP contribution < -0.4 is 0 Å². The summed E-state index contributed by atoms with van der Waals surface area (Å²) >= 11 is 0. The van der Waals surface area contributed by atoms with Gasteiger partial charge in [0.15, 0.2) is 5.84 Å². The fourth-order valence-electron chi connectivity index (χ4n) is 4.95. The van der Waals surface area contributed by atoms with Crippen molar-refractivity contribution in [1.82, 2.24) is 9.80 Å². The highest BCUT2D eigenvalue weighted by Crippen LogP contribution is 2.29. The van der Waals surface area contributed by atoms with E-state index in [9.17, 15) is 9.59 Å². The molecule has 1 rings (SSSR count). The third kappa shape index (κ3) is 20.5. The van der Waals surface area contributed by atoms with E-state index in [4.69, 9.17) is 4.74 Å². The summed E-state index contributed by atoms with van der Waals surface area (Å²) in [5.41, 5.74) is 1.91. The number of carbonyl (C=O) groups excluding carboxylic acids is 2. The van der Waals surface area contributed by atoms with Crippen LogP contribution >= 0.6 is 0 Å². The normalized spacial score (nSPS) is 12.2. The average Bonchev–Trinajstić information content (AvgIpc) is 3.02. The van der Waals surface area contributed by atoms with Crippen LogP contribution in [-0.2, 0) is 9.53 Å². The van der Waals surface area contributed by atoms with Gasteiger partial charge in [-0.2, -0.15) is 0 Å². The number of esters is 1. The minimum Gasteiger partial charge on any atom is -0.465 e. The van der Waals surface area contributed by atoms with Gasteiger partial charge in [-0.25, -0.2) is 4.79 Å². The summed E-state index contributed by atoms with van der Waals surface area (Å²) in [7, 11) is 6.85. The summed E-state index contributed by atoms with van der Waals surface area (Å²) in [6.45, 7) is 28.4. The zero-order valence-corrected chi connectivity index (χ0v) is 33.0. The quantitative estimate of drug-likeness (QED) is 0.0664. The summed E-state index contributed by atoms with van der Waals surface area (Å²) in [4.78, 5) is 33.3. The van der Waals surface area contributed by atoms with Crippen LogP contribution in [0.4, 0.5) is 0 Å². The van der Waals surface area contributed by atoms with Crippen molar-refractivity contribution in [3.63, 3.8) is 0 Å². The molecule has 1 aromatic carbocycles. The van der Waals surface area contributed by atoms with Gasteiger partial charge in [0, 0.05) is 27.7 Å². The number of hydrogen-bond donors (Lipinski definition) is 0. The fraction of sp³-hybridized carbons (Fsp3) is 0.725. The van der Waals surface area contributed by atoms with Crippen LogP contribution in [0.3, 0.4) is 0 Å². The molecule has 0 fully saturated rings. The first-order valence-electron chi connectivity index (χ1n) is 18.0. The van der Waals surface area contributed by atoms with Crippen molar-refractivity contribution in [2.45, 2.75) is 140 Å². The lowest BCUT2D eigenvalue weighted by atomic mass is 9.79. The number of methoxy groups -OCH3 is 1.